The number of aryl methyl sites for hydroxylation is 1. The molecule has 0 spiro atoms. The van der Waals surface area contributed by atoms with E-state index in [4.69, 9.17) is 11.1 Å². The number of amides is 1. The summed E-state index contributed by atoms with van der Waals surface area (Å²) >= 11 is 0. The molecule has 4 N–H and O–H groups in total. The van der Waals surface area contributed by atoms with E-state index in [-0.39, 0.29) is 11.9 Å². The first-order valence-electron chi connectivity index (χ1n) is 11.2. The Kier molecular flexibility index (Phi) is 8.00. The summed E-state index contributed by atoms with van der Waals surface area (Å²) in [4.78, 5) is 16.6. The number of hydrogen-bond donors (Lipinski definition) is 3. The van der Waals surface area contributed by atoms with Gasteiger partial charge >= 0.3 is 0 Å². The molecule has 0 bridgehead atoms. The van der Waals surface area contributed by atoms with Gasteiger partial charge in [-0.05, 0) is 56.2 Å². The molecule has 1 atom stereocenters. The molecule has 1 heterocycles. The second-order valence-electron chi connectivity index (χ2n) is 8.63. The molecular formula is C25H34N4O. The molecule has 3 rings (SSSR count). The summed E-state index contributed by atoms with van der Waals surface area (Å²) in [6, 6.07) is 13.9. The highest BCUT2D eigenvalue weighted by molar-refractivity contribution is 5.83. The van der Waals surface area contributed by atoms with Crippen LogP contribution in [-0.4, -0.2) is 22.6 Å². The smallest absolute Gasteiger partial charge is 0.220 e. The predicted molar refractivity (Wildman–Crippen MR) is 124 cm³/mol. The third-order valence-electron chi connectivity index (χ3n) is 5.89. The molecule has 1 amide bonds. The second-order valence-corrected chi connectivity index (χ2v) is 8.63. The van der Waals surface area contributed by atoms with Crippen molar-refractivity contribution >= 4 is 17.4 Å². The molecular weight excluding hydrogens is 372 g/mol. The summed E-state index contributed by atoms with van der Waals surface area (Å²) in [6.45, 7) is 2.00. The van der Waals surface area contributed by atoms with E-state index in [1.165, 1.54) is 37.7 Å². The van der Waals surface area contributed by atoms with Gasteiger partial charge in [0.15, 0.2) is 0 Å². The lowest BCUT2D eigenvalue weighted by molar-refractivity contribution is -0.122. The van der Waals surface area contributed by atoms with E-state index in [1.54, 1.807) is 6.07 Å². The van der Waals surface area contributed by atoms with Crippen LogP contribution >= 0.6 is 0 Å². The number of nitrogens with zero attached hydrogens (tertiary/aromatic N) is 1. The van der Waals surface area contributed by atoms with E-state index >= 15 is 0 Å². The molecule has 0 radical (unpaired) electrons. The fourth-order valence-electron chi connectivity index (χ4n) is 4.26. The van der Waals surface area contributed by atoms with Crippen LogP contribution in [-0.2, 0) is 11.2 Å². The molecule has 5 heteroatoms. The number of carbonyl (C=O) groups is 1. The maximum atomic E-state index is 12.3. The van der Waals surface area contributed by atoms with Crippen LogP contribution in [0.2, 0.25) is 0 Å². The van der Waals surface area contributed by atoms with Crippen molar-refractivity contribution in [1.29, 1.82) is 5.41 Å². The van der Waals surface area contributed by atoms with Crippen LogP contribution in [0, 0.1) is 11.3 Å². The molecule has 1 saturated carbocycles. The number of nitrogens with one attached hydrogen (secondary N) is 2. The first-order valence-corrected chi connectivity index (χ1v) is 11.2. The molecule has 1 fully saturated rings. The van der Waals surface area contributed by atoms with Crippen LogP contribution in [0.4, 0.5) is 5.82 Å². The summed E-state index contributed by atoms with van der Waals surface area (Å²) in [7, 11) is 0. The molecule has 1 aromatic heterocycles. The molecule has 1 aliphatic rings. The van der Waals surface area contributed by atoms with E-state index in [9.17, 15) is 4.79 Å². The van der Waals surface area contributed by atoms with Gasteiger partial charge in [-0.15, -0.1) is 0 Å². The minimum atomic E-state index is 0.0191. The first-order chi connectivity index (χ1) is 14.5. The lowest BCUT2D eigenvalue weighted by atomic mass is 9.87. The predicted octanol–water partition coefficient (Wildman–Crippen LogP) is 5.15. The van der Waals surface area contributed by atoms with E-state index in [1.807, 2.05) is 19.1 Å². The highest BCUT2D eigenvalue weighted by atomic mass is 16.1. The van der Waals surface area contributed by atoms with Gasteiger partial charge in [-0.3, -0.25) is 4.79 Å². The van der Waals surface area contributed by atoms with Gasteiger partial charge in [-0.1, -0.05) is 49.6 Å². The lowest BCUT2D eigenvalue weighted by Crippen LogP contribution is -2.35. The summed E-state index contributed by atoms with van der Waals surface area (Å²) in [6.07, 6.45) is 8.99. The number of benzene rings is 1. The number of carbonyl (C=O) groups excluding carboxylic acids is 1. The van der Waals surface area contributed by atoms with Crippen molar-refractivity contribution in [3.05, 3.63) is 48.0 Å². The van der Waals surface area contributed by atoms with Gasteiger partial charge in [0, 0.05) is 30.2 Å². The number of nitrogen functional groups attached to an aromatic ring is 1. The SMILES string of the molecule is CC(CC(=N)CCc1ccc(-c2cccc(N)n2)cc1)NC(=O)CC1CCCCC1. The van der Waals surface area contributed by atoms with Crippen LogP contribution in [0.1, 0.15) is 63.9 Å². The number of nitrogens with two attached hydrogens (primary N) is 1. The van der Waals surface area contributed by atoms with E-state index in [0.717, 1.165) is 17.7 Å². The average molecular weight is 407 g/mol. The van der Waals surface area contributed by atoms with Crippen molar-refractivity contribution in [1.82, 2.24) is 10.3 Å². The van der Waals surface area contributed by atoms with Crippen LogP contribution in [0.15, 0.2) is 42.5 Å². The van der Waals surface area contributed by atoms with Gasteiger partial charge in [0.25, 0.3) is 0 Å². The molecule has 30 heavy (non-hydrogen) atoms. The molecule has 0 saturated heterocycles. The average Bonchev–Trinajstić information content (AvgIpc) is 2.73. The second kappa shape index (κ2) is 10.9. The van der Waals surface area contributed by atoms with Crippen LogP contribution < -0.4 is 11.1 Å². The zero-order chi connectivity index (χ0) is 21.3. The Morgan fingerprint density at radius 2 is 1.90 bits per heavy atom. The Bertz CT molecular complexity index is 840. The molecule has 1 unspecified atom stereocenters. The van der Waals surface area contributed by atoms with Gasteiger partial charge < -0.3 is 16.5 Å². The largest absolute Gasteiger partial charge is 0.384 e. The van der Waals surface area contributed by atoms with Crippen molar-refractivity contribution in [3.8, 4) is 11.3 Å². The van der Waals surface area contributed by atoms with E-state index < -0.39 is 0 Å². The molecule has 160 valence electrons. The third kappa shape index (κ3) is 6.97. The van der Waals surface area contributed by atoms with E-state index in [2.05, 4.69) is 34.6 Å². The van der Waals surface area contributed by atoms with Crippen molar-refractivity contribution in [3.63, 3.8) is 0 Å². The fraction of sp³-hybridized carbons (Fsp3) is 0.480. The zero-order valence-electron chi connectivity index (χ0n) is 18.0. The molecule has 2 aromatic rings. The standard InChI is InChI=1S/C25H34N4O/c1-18(28-25(30)17-20-6-3-2-4-7-20)16-22(26)15-12-19-10-13-21(14-11-19)23-8-5-9-24(27)29-23/h5,8-11,13-14,18,20,26H,2-4,6-7,12,15-17H2,1H3,(H2,27,29)(H,28,30). The normalized spacial score (nSPS) is 15.5. The molecule has 0 aliphatic heterocycles. The lowest BCUT2D eigenvalue weighted by Gasteiger charge is -2.22. The van der Waals surface area contributed by atoms with Crippen molar-refractivity contribution in [2.24, 2.45) is 5.92 Å². The third-order valence-corrected chi connectivity index (χ3v) is 5.89. The highest BCUT2D eigenvalue weighted by Crippen LogP contribution is 2.26. The highest BCUT2D eigenvalue weighted by Gasteiger charge is 2.18. The van der Waals surface area contributed by atoms with Gasteiger partial charge in [-0.25, -0.2) is 4.98 Å². The quantitative estimate of drug-likeness (QED) is 0.503. The number of aromatic nitrogens is 1. The summed E-state index contributed by atoms with van der Waals surface area (Å²) in [5.74, 6) is 1.22. The topological polar surface area (TPSA) is 91.9 Å². The first kappa shape index (κ1) is 22.0. The van der Waals surface area contributed by atoms with Crippen molar-refractivity contribution < 1.29 is 4.79 Å². The van der Waals surface area contributed by atoms with E-state index in [0.29, 0.717) is 36.7 Å². The summed E-state index contributed by atoms with van der Waals surface area (Å²) in [5.41, 5.74) is 9.55. The Labute approximate surface area is 180 Å². The van der Waals surface area contributed by atoms with Gasteiger partial charge in [0.05, 0.1) is 5.69 Å². The summed E-state index contributed by atoms with van der Waals surface area (Å²) < 4.78 is 0. The van der Waals surface area contributed by atoms with Gasteiger partial charge in [-0.2, -0.15) is 0 Å². The van der Waals surface area contributed by atoms with Crippen molar-refractivity contribution in [2.45, 2.75) is 70.8 Å². The van der Waals surface area contributed by atoms with Gasteiger partial charge in [0.2, 0.25) is 5.91 Å². The minimum Gasteiger partial charge on any atom is -0.384 e. The molecule has 1 aliphatic carbocycles. The van der Waals surface area contributed by atoms with Crippen LogP contribution in [0.3, 0.4) is 0 Å². The number of pyridine rings is 1. The Morgan fingerprint density at radius 1 is 1.17 bits per heavy atom. The molecule has 1 aromatic carbocycles. The fourth-order valence-corrected chi connectivity index (χ4v) is 4.26. The van der Waals surface area contributed by atoms with Crippen LogP contribution in [0.25, 0.3) is 11.3 Å². The summed E-state index contributed by atoms with van der Waals surface area (Å²) in [5, 5.41) is 11.4. The van der Waals surface area contributed by atoms with Gasteiger partial charge in [0.1, 0.15) is 5.82 Å². The van der Waals surface area contributed by atoms with Crippen molar-refractivity contribution in [2.75, 3.05) is 5.73 Å². The number of rotatable bonds is 9. The Balaban J connectivity index is 1.40. The zero-order valence-corrected chi connectivity index (χ0v) is 18.0. The minimum absolute atomic E-state index is 0.0191. The molecule has 5 nitrogen and oxygen atoms in total. The maximum absolute atomic E-state index is 12.3. The monoisotopic (exact) mass is 406 g/mol. The number of anilines is 1. The number of hydrogen-bond acceptors (Lipinski definition) is 4. The maximum Gasteiger partial charge on any atom is 0.220 e. The Morgan fingerprint density at radius 3 is 2.60 bits per heavy atom. The Hall–Kier alpha value is -2.69. The van der Waals surface area contributed by atoms with Crippen LogP contribution in [0.5, 0.6) is 0 Å².